The number of alkyl halides is 6. The van der Waals surface area contributed by atoms with Crippen molar-refractivity contribution in [2.75, 3.05) is 0 Å². The molecule has 1 rings (SSSR count). The van der Waals surface area contributed by atoms with Gasteiger partial charge in [0, 0.05) is 12.1 Å². The van der Waals surface area contributed by atoms with E-state index in [1.807, 2.05) is 0 Å². The van der Waals surface area contributed by atoms with E-state index < -0.39 is 48.3 Å². The Morgan fingerprint density at radius 1 is 1.21 bits per heavy atom. The average molecular weight is 290 g/mol. The van der Waals surface area contributed by atoms with Crippen molar-refractivity contribution in [3.63, 3.8) is 0 Å². The van der Waals surface area contributed by atoms with Crippen LogP contribution in [0.4, 0.5) is 26.3 Å². The van der Waals surface area contributed by atoms with Crippen molar-refractivity contribution in [3.8, 4) is 5.75 Å². The summed E-state index contributed by atoms with van der Waals surface area (Å²) in [7, 11) is 0. The van der Waals surface area contributed by atoms with Gasteiger partial charge in [0.05, 0.1) is 24.1 Å². The molecule has 1 aromatic rings. The summed E-state index contributed by atoms with van der Waals surface area (Å²) in [6.45, 7) is -1.94. The summed E-state index contributed by atoms with van der Waals surface area (Å²) >= 11 is 0. The summed E-state index contributed by atoms with van der Waals surface area (Å²) in [4.78, 5) is 3.18. The second-order valence-electron chi connectivity index (χ2n) is 3.33. The van der Waals surface area contributed by atoms with Crippen molar-refractivity contribution >= 4 is 0 Å². The fraction of sp³-hybridized carbons (Fsp3) is 0.444. The van der Waals surface area contributed by atoms with E-state index in [0.29, 0.717) is 6.20 Å². The van der Waals surface area contributed by atoms with Gasteiger partial charge in [-0.3, -0.25) is 4.98 Å². The van der Waals surface area contributed by atoms with Gasteiger partial charge >= 0.3 is 12.5 Å². The van der Waals surface area contributed by atoms with Crippen molar-refractivity contribution < 1.29 is 36.2 Å². The zero-order chi connectivity index (χ0) is 14.8. The van der Waals surface area contributed by atoms with Crippen LogP contribution in [-0.2, 0) is 19.3 Å². The molecule has 0 spiro atoms. The second-order valence-corrected chi connectivity index (χ2v) is 3.33. The van der Waals surface area contributed by atoms with E-state index in [9.17, 15) is 26.3 Å². The van der Waals surface area contributed by atoms with Crippen LogP contribution < -0.4 is 10.5 Å². The highest BCUT2D eigenvalue weighted by Crippen LogP contribution is 2.39. The highest BCUT2D eigenvalue weighted by Gasteiger charge is 2.40. The molecule has 0 unspecified atom stereocenters. The Bertz CT molecular complexity index is 457. The molecular weight excluding hydrogens is 282 g/mol. The Morgan fingerprint density at radius 2 is 1.79 bits per heavy atom. The standard InChI is InChI=1S/C9H8F6N2O2/c10-8(11,12)7-4(3-18)6(19-9(13,14)15)2-17-5(7)1-16/h2,18H,1,3,16H2. The van der Waals surface area contributed by atoms with Gasteiger partial charge in [-0.2, -0.15) is 13.2 Å². The number of aliphatic hydroxyl groups is 1. The smallest absolute Gasteiger partial charge is 0.404 e. The Hall–Kier alpha value is -1.55. The van der Waals surface area contributed by atoms with Gasteiger partial charge in [0.1, 0.15) is 0 Å². The molecule has 0 saturated heterocycles. The van der Waals surface area contributed by atoms with Gasteiger partial charge in [-0.05, 0) is 0 Å². The first kappa shape index (κ1) is 15.5. The zero-order valence-corrected chi connectivity index (χ0v) is 9.14. The van der Waals surface area contributed by atoms with E-state index in [-0.39, 0.29) is 0 Å². The first-order chi connectivity index (χ1) is 8.60. The van der Waals surface area contributed by atoms with Crippen molar-refractivity contribution in [1.82, 2.24) is 4.98 Å². The summed E-state index contributed by atoms with van der Waals surface area (Å²) in [6.07, 6.45) is -9.76. The molecule has 0 aromatic carbocycles. The van der Waals surface area contributed by atoms with Gasteiger partial charge in [-0.15, -0.1) is 13.2 Å². The number of halogens is 6. The zero-order valence-electron chi connectivity index (χ0n) is 9.14. The average Bonchev–Trinajstić information content (AvgIpc) is 2.25. The molecule has 1 aromatic heterocycles. The molecule has 10 heteroatoms. The van der Waals surface area contributed by atoms with Gasteiger partial charge in [0.25, 0.3) is 0 Å². The topological polar surface area (TPSA) is 68.4 Å². The maximum absolute atomic E-state index is 12.8. The molecule has 0 atom stereocenters. The van der Waals surface area contributed by atoms with E-state index in [1.165, 1.54) is 0 Å². The maximum atomic E-state index is 12.8. The van der Waals surface area contributed by atoms with Crippen LogP contribution in [0.25, 0.3) is 0 Å². The van der Waals surface area contributed by atoms with Gasteiger partial charge in [-0.25, -0.2) is 0 Å². The maximum Gasteiger partial charge on any atom is 0.573 e. The third-order valence-electron chi connectivity index (χ3n) is 2.09. The summed E-state index contributed by atoms with van der Waals surface area (Å²) in [5, 5.41) is 8.86. The van der Waals surface area contributed by atoms with Crippen LogP contribution in [0.3, 0.4) is 0 Å². The van der Waals surface area contributed by atoms with Crippen LogP contribution in [0.5, 0.6) is 5.75 Å². The van der Waals surface area contributed by atoms with Crippen molar-refractivity contribution in [2.45, 2.75) is 25.7 Å². The molecule has 4 nitrogen and oxygen atoms in total. The largest absolute Gasteiger partial charge is 0.573 e. The molecule has 1 heterocycles. The van der Waals surface area contributed by atoms with Crippen LogP contribution in [0.1, 0.15) is 16.8 Å². The Labute approximate surface area is 102 Å². The summed E-state index contributed by atoms with van der Waals surface area (Å²) in [5.41, 5.74) is 1.80. The number of aromatic nitrogens is 1. The number of aliphatic hydroxyl groups excluding tert-OH is 1. The lowest BCUT2D eigenvalue weighted by Crippen LogP contribution is -2.22. The van der Waals surface area contributed by atoms with Crippen molar-refractivity contribution in [1.29, 1.82) is 0 Å². The minimum atomic E-state index is -5.20. The predicted molar refractivity (Wildman–Crippen MR) is 49.7 cm³/mol. The van der Waals surface area contributed by atoms with Crippen LogP contribution in [-0.4, -0.2) is 16.5 Å². The van der Waals surface area contributed by atoms with Crippen LogP contribution in [0.2, 0.25) is 0 Å². The molecule has 0 radical (unpaired) electrons. The Balaban J connectivity index is 3.45. The minimum Gasteiger partial charge on any atom is -0.404 e. The highest BCUT2D eigenvalue weighted by atomic mass is 19.4. The van der Waals surface area contributed by atoms with Crippen molar-refractivity contribution in [2.24, 2.45) is 5.73 Å². The third-order valence-corrected chi connectivity index (χ3v) is 2.09. The third kappa shape index (κ3) is 3.70. The summed E-state index contributed by atoms with van der Waals surface area (Å²) in [6, 6.07) is 0. The lowest BCUT2D eigenvalue weighted by atomic mass is 10.1. The van der Waals surface area contributed by atoms with Gasteiger partial charge in [0.15, 0.2) is 5.75 Å². The molecular formula is C9H8F6N2O2. The molecule has 19 heavy (non-hydrogen) atoms. The van der Waals surface area contributed by atoms with Gasteiger partial charge in [-0.1, -0.05) is 0 Å². The lowest BCUT2D eigenvalue weighted by Gasteiger charge is -2.18. The first-order valence-electron chi connectivity index (χ1n) is 4.74. The van der Waals surface area contributed by atoms with E-state index in [2.05, 4.69) is 9.72 Å². The number of nitrogens with two attached hydrogens (primary N) is 1. The number of nitrogens with zero attached hydrogens (tertiary/aromatic N) is 1. The number of hydrogen-bond donors (Lipinski definition) is 2. The molecule has 0 saturated carbocycles. The normalized spacial score (nSPS) is 12.6. The van der Waals surface area contributed by atoms with E-state index in [1.54, 1.807) is 0 Å². The van der Waals surface area contributed by atoms with Crippen molar-refractivity contribution in [3.05, 3.63) is 23.0 Å². The van der Waals surface area contributed by atoms with Gasteiger partial charge < -0.3 is 15.6 Å². The van der Waals surface area contributed by atoms with E-state index in [0.717, 1.165) is 0 Å². The fourth-order valence-corrected chi connectivity index (χ4v) is 1.44. The van der Waals surface area contributed by atoms with E-state index in [4.69, 9.17) is 10.8 Å². The lowest BCUT2D eigenvalue weighted by molar-refractivity contribution is -0.275. The highest BCUT2D eigenvalue weighted by molar-refractivity contribution is 5.42. The molecule has 108 valence electrons. The molecule has 0 fully saturated rings. The molecule has 0 aliphatic heterocycles. The Kier molecular flexibility index (Phi) is 4.25. The molecule has 0 aliphatic rings. The monoisotopic (exact) mass is 290 g/mol. The van der Waals surface area contributed by atoms with Crippen LogP contribution in [0.15, 0.2) is 6.20 Å². The molecule has 3 N–H and O–H groups in total. The summed E-state index contributed by atoms with van der Waals surface area (Å²) < 4.78 is 77.7. The quantitative estimate of drug-likeness (QED) is 0.835. The number of ether oxygens (including phenoxy) is 1. The minimum absolute atomic E-state index is 0.441. The van der Waals surface area contributed by atoms with E-state index >= 15 is 0 Å². The number of pyridine rings is 1. The predicted octanol–water partition coefficient (Wildman–Crippen LogP) is 1.95. The number of hydrogen-bond acceptors (Lipinski definition) is 4. The molecule has 0 aliphatic carbocycles. The first-order valence-corrected chi connectivity index (χ1v) is 4.74. The van der Waals surface area contributed by atoms with Crippen LogP contribution in [0, 0.1) is 0 Å². The Morgan fingerprint density at radius 3 is 2.16 bits per heavy atom. The fourth-order valence-electron chi connectivity index (χ4n) is 1.44. The molecule has 0 bridgehead atoms. The second kappa shape index (κ2) is 5.21. The SMILES string of the molecule is NCc1ncc(OC(F)(F)F)c(CO)c1C(F)(F)F. The molecule has 0 amide bonds. The van der Waals surface area contributed by atoms with Crippen LogP contribution >= 0.6 is 0 Å². The van der Waals surface area contributed by atoms with Gasteiger partial charge in [0.2, 0.25) is 0 Å². The summed E-state index contributed by atoms with van der Waals surface area (Å²) in [5.74, 6) is -1.21. The number of rotatable bonds is 3.